The van der Waals surface area contributed by atoms with Gasteiger partial charge in [-0.2, -0.15) is 0 Å². The first kappa shape index (κ1) is 22.5. The summed E-state index contributed by atoms with van der Waals surface area (Å²) in [6.45, 7) is 1.70. The van der Waals surface area contributed by atoms with E-state index in [1.54, 1.807) is 23.6 Å². The Morgan fingerprint density at radius 1 is 1.21 bits per heavy atom. The number of amides is 1. The van der Waals surface area contributed by atoms with E-state index in [0.717, 1.165) is 37.5 Å². The van der Waals surface area contributed by atoms with Crippen LogP contribution in [-0.4, -0.2) is 15.6 Å². The first-order chi connectivity index (χ1) is 16.3. The van der Waals surface area contributed by atoms with Crippen LogP contribution < -0.4 is 10.9 Å². The summed E-state index contributed by atoms with van der Waals surface area (Å²) in [5.41, 5.74) is 1.03. The van der Waals surface area contributed by atoms with Crippen LogP contribution in [0.3, 0.4) is 0 Å². The largest absolute Gasteiger partial charge is 0.360 e. The van der Waals surface area contributed by atoms with Crippen molar-refractivity contribution in [3.63, 3.8) is 0 Å². The van der Waals surface area contributed by atoms with Gasteiger partial charge in [0.15, 0.2) is 0 Å². The third-order valence-electron chi connectivity index (χ3n) is 6.52. The summed E-state index contributed by atoms with van der Waals surface area (Å²) in [7, 11) is 0. The quantitative estimate of drug-likeness (QED) is 0.376. The molecule has 0 spiro atoms. The highest BCUT2D eigenvalue weighted by atomic mass is 35.5. The van der Waals surface area contributed by atoms with Crippen LogP contribution in [0.5, 0.6) is 0 Å². The second kappa shape index (κ2) is 8.83. The van der Waals surface area contributed by atoms with E-state index < -0.39 is 11.6 Å². The van der Waals surface area contributed by atoms with Crippen molar-refractivity contribution < 1.29 is 18.1 Å². The van der Waals surface area contributed by atoms with Crippen molar-refractivity contribution in [1.82, 2.24) is 9.72 Å². The summed E-state index contributed by atoms with van der Waals surface area (Å²) in [6, 6.07) is 8.18. The SMILES string of the molecule is Cc1onc2c1c(=O)n([C@H]1CCC[C@@H](CC(=O)Nc3cc(F)cc(F)c3)C1)c1cccc(Cl)c21. The van der Waals surface area contributed by atoms with Gasteiger partial charge < -0.3 is 14.4 Å². The lowest BCUT2D eigenvalue weighted by atomic mass is 9.83. The highest BCUT2D eigenvalue weighted by Gasteiger charge is 2.29. The monoisotopic (exact) mass is 485 g/mol. The number of halogens is 3. The summed E-state index contributed by atoms with van der Waals surface area (Å²) in [5.74, 6) is -1.38. The van der Waals surface area contributed by atoms with Gasteiger partial charge in [-0.3, -0.25) is 9.59 Å². The molecule has 1 fully saturated rings. The van der Waals surface area contributed by atoms with Gasteiger partial charge in [0.25, 0.3) is 5.56 Å². The Hall–Kier alpha value is -3.26. The maximum Gasteiger partial charge on any atom is 0.264 e. The zero-order valence-corrected chi connectivity index (χ0v) is 19.2. The van der Waals surface area contributed by atoms with Crippen LogP contribution in [-0.2, 0) is 4.79 Å². The molecule has 2 aromatic carbocycles. The smallest absolute Gasteiger partial charge is 0.264 e. The van der Waals surface area contributed by atoms with Crippen molar-refractivity contribution in [3.8, 4) is 0 Å². The highest BCUT2D eigenvalue weighted by molar-refractivity contribution is 6.37. The first-order valence-electron chi connectivity index (χ1n) is 11.2. The van der Waals surface area contributed by atoms with Crippen molar-refractivity contribution in [1.29, 1.82) is 0 Å². The number of hydrogen-bond acceptors (Lipinski definition) is 4. The van der Waals surface area contributed by atoms with E-state index in [0.29, 0.717) is 39.0 Å². The Kier molecular flexibility index (Phi) is 5.85. The molecule has 1 aliphatic rings. The predicted octanol–water partition coefficient (Wildman–Crippen LogP) is 6.14. The number of fused-ring (bicyclic) bond motifs is 3. The van der Waals surface area contributed by atoms with E-state index in [-0.39, 0.29) is 35.5 Å². The Bertz CT molecular complexity index is 1460. The molecule has 0 radical (unpaired) electrons. The van der Waals surface area contributed by atoms with Crippen LogP contribution in [0.4, 0.5) is 14.5 Å². The van der Waals surface area contributed by atoms with Crippen molar-refractivity contribution in [2.75, 3.05) is 5.32 Å². The maximum atomic E-state index is 13.5. The average Bonchev–Trinajstić information content (AvgIpc) is 3.15. The number of benzene rings is 2. The number of aryl methyl sites for hydroxylation is 1. The van der Waals surface area contributed by atoms with Crippen LogP contribution in [0.2, 0.25) is 5.02 Å². The summed E-state index contributed by atoms with van der Waals surface area (Å²) in [4.78, 5) is 26.1. The van der Waals surface area contributed by atoms with Crippen molar-refractivity contribution >= 4 is 45.0 Å². The standard InChI is InChI=1S/C25H22ClF2N3O3/c1-13-22-24(30-34-13)23-19(26)6-3-7-20(23)31(25(22)33)18-5-2-4-14(8-18)9-21(32)29-17-11-15(27)10-16(28)12-17/h3,6-7,10-12,14,18H,2,4-5,8-9H2,1H3,(H,29,32)/t14-,18+/m1/s1. The molecule has 0 saturated heterocycles. The third-order valence-corrected chi connectivity index (χ3v) is 6.84. The molecular weight excluding hydrogens is 464 g/mol. The van der Waals surface area contributed by atoms with Gasteiger partial charge in [-0.05, 0) is 56.4 Å². The zero-order valence-electron chi connectivity index (χ0n) is 18.4. The third kappa shape index (κ3) is 4.07. The first-order valence-corrected chi connectivity index (χ1v) is 11.5. The van der Waals surface area contributed by atoms with Gasteiger partial charge in [-0.25, -0.2) is 8.78 Å². The fraction of sp³-hybridized carbons (Fsp3) is 0.320. The fourth-order valence-electron chi connectivity index (χ4n) is 5.12. The van der Waals surface area contributed by atoms with Crippen LogP contribution >= 0.6 is 11.6 Å². The molecule has 2 heterocycles. The molecule has 9 heteroatoms. The fourth-order valence-corrected chi connectivity index (χ4v) is 5.38. The number of hydrogen-bond donors (Lipinski definition) is 1. The molecular formula is C25H22ClF2N3O3. The predicted molar refractivity (Wildman–Crippen MR) is 126 cm³/mol. The molecule has 0 bridgehead atoms. The minimum atomic E-state index is -0.752. The second-order valence-electron chi connectivity index (χ2n) is 8.87. The molecule has 1 aliphatic carbocycles. The van der Waals surface area contributed by atoms with E-state index in [9.17, 15) is 18.4 Å². The average molecular weight is 486 g/mol. The second-order valence-corrected chi connectivity index (χ2v) is 9.28. The lowest BCUT2D eigenvalue weighted by Gasteiger charge is -2.31. The Labute approximate surface area is 198 Å². The molecule has 34 heavy (non-hydrogen) atoms. The molecule has 1 N–H and O–H groups in total. The summed E-state index contributed by atoms with van der Waals surface area (Å²) in [6.07, 6.45) is 3.25. The molecule has 5 rings (SSSR count). The number of aromatic nitrogens is 2. The summed E-state index contributed by atoms with van der Waals surface area (Å²) < 4.78 is 34.0. The number of anilines is 1. The molecule has 6 nitrogen and oxygen atoms in total. The van der Waals surface area contributed by atoms with Crippen LogP contribution in [0.1, 0.15) is 43.9 Å². The topological polar surface area (TPSA) is 77.1 Å². The highest BCUT2D eigenvalue weighted by Crippen LogP contribution is 2.38. The van der Waals surface area contributed by atoms with Gasteiger partial charge in [-0.1, -0.05) is 29.2 Å². The number of carbonyl (C=O) groups is 1. The lowest BCUT2D eigenvalue weighted by molar-refractivity contribution is -0.117. The normalized spacial score (nSPS) is 18.5. The number of rotatable bonds is 4. The summed E-state index contributed by atoms with van der Waals surface area (Å²) >= 11 is 6.50. The number of pyridine rings is 1. The number of nitrogens with zero attached hydrogens (tertiary/aromatic N) is 2. The van der Waals surface area contributed by atoms with E-state index >= 15 is 0 Å². The Morgan fingerprint density at radius 2 is 1.97 bits per heavy atom. The van der Waals surface area contributed by atoms with Gasteiger partial charge in [0.05, 0.1) is 10.5 Å². The van der Waals surface area contributed by atoms with Crippen molar-refractivity contribution in [3.05, 3.63) is 69.2 Å². The van der Waals surface area contributed by atoms with Crippen LogP contribution in [0, 0.1) is 24.5 Å². The Morgan fingerprint density at radius 3 is 2.74 bits per heavy atom. The van der Waals surface area contributed by atoms with Crippen LogP contribution in [0.25, 0.3) is 21.8 Å². The van der Waals surface area contributed by atoms with Crippen molar-refractivity contribution in [2.45, 2.75) is 45.1 Å². The van der Waals surface area contributed by atoms with Gasteiger partial charge in [0, 0.05) is 29.6 Å². The van der Waals surface area contributed by atoms with Gasteiger partial charge in [-0.15, -0.1) is 0 Å². The molecule has 1 saturated carbocycles. The minimum Gasteiger partial charge on any atom is -0.360 e. The molecule has 2 atom stereocenters. The zero-order chi connectivity index (χ0) is 24.0. The van der Waals surface area contributed by atoms with Crippen molar-refractivity contribution in [2.24, 2.45) is 5.92 Å². The maximum absolute atomic E-state index is 13.5. The molecule has 176 valence electrons. The van der Waals surface area contributed by atoms with E-state index in [1.165, 1.54) is 0 Å². The molecule has 0 aliphatic heterocycles. The van der Waals surface area contributed by atoms with E-state index in [2.05, 4.69) is 10.5 Å². The van der Waals surface area contributed by atoms with E-state index in [4.69, 9.17) is 16.1 Å². The summed E-state index contributed by atoms with van der Waals surface area (Å²) in [5, 5.41) is 8.22. The van der Waals surface area contributed by atoms with Gasteiger partial charge >= 0.3 is 0 Å². The van der Waals surface area contributed by atoms with Gasteiger partial charge in [0.1, 0.15) is 28.3 Å². The lowest BCUT2D eigenvalue weighted by Crippen LogP contribution is -2.30. The number of carbonyl (C=O) groups excluding carboxylic acids is 1. The van der Waals surface area contributed by atoms with Crippen LogP contribution in [0.15, 0.2) is 45.7 Å². The van der Waals surface area contributed by atoms with E-state index in [1.807, 2.05) is 6.07 Å². The molecule has 0 unspecified atom stereocenters. The molecule has 4 aromatic rings. The molecule has 2 aromatic heterocycles. The van der Waals surface area contributed by atoms with Gasteiger partial charge in [0.2, 0.25) is 5.91 Å². The molecule has 1 amide bonds. The number of nitrogens with one attached hydrogen (secondary N) is 1. The Balaban J connectivity index is 1.44. The minimum absolute atomic E-state index is 0.0116.